The monoisotopic (exact) mass is 554 g/mol. The zero-order valence-electron chi connectivity index (χ0n) is 21.8. The molecule has 0 aliphatic carbocycles. The number of thiazole rings is 1. The van der Waals surface area contributed by atoms with Crippen LogP contribution in [0.25, 0.3) is 11.1 Å². The number of phenolic OH excluding ortho intramolecular Hbond substituents is 1. The molecule has 2 atom stereocenters. The molecule has 7 nitrogen and oxygen atoms in total. The van der Waals surface area contributed by atoms with Crippen LogP contribution in [0.4, 0.5) is 9.52 Å². The number of nitrogens with one attached hydrogen (secondary N) is 1. The Labute approximate surface area is 235 Å². The van der Waals surface area contributed by atoms with Crippen LogP contribution in [0.3, 0.4) is 0 Å². The summed E-state index contributed by atoms with van der Waals surface area (Å²) in [6, 6.07) is 16.2. The van der Waals surface area contributed by atoms with Crippen LogP contribution in [0.2, 0.25) is 0 Å². The number of hydrogen-bond acceptors (Lipinski definition) is 6. The van der Waals surface area contributed by atoms with Crippen molar-refractivity contribution in [2.24, 2.45) is 0 Å². The van der Waals surface area contributed by atoms with Crippen molar-refractivity contribution < 1.29 is 19.1 Å². The molecule has 4 aromatic rings. The van der Waals surface area contributed by atoms with E-state index in [0.29, 0.717) is 16.6 Å². The van der Waals surface area contributed by atoms with Crippen LogP contribution in [-0.4, -0.2) is 45.3 Å². The van der Waals surface area contributed by atoms with E-state index in [9.17, 15) is 19.1 Å². The number of hydrogen-bond donors (Lipinski definition) is 2. The number of allylic oxidation sites excluding steroid dienone is 1. The molecule has 2 aliphatic rings. The van der Waals surface area contributed by atoms with E-state index in [1.165, 1.54) is 27.9 Å². The molecule has 2 aliphatic heterocycles. The van der Waals surface area contributed by atoms with E-state index in [2.05, 4.69) is 58.8 Å². The first-order valence-corrected chi connectivity index (χ1v) is 13.9. The number of carbonyl (C=O) groups excluding carboxylic acids is 2. The average Bonchev–Trinajstić information content (AvgIpc) is 3.59. The molecule has 9 heteroatoms. The van der Waals surface area contributed by atoms with Crippen molar-refractivity contribution in [2.45, 2.75) is 24.9 Å². The van der Waals surface area contributed by atoms with E-state index >= 15 is 0 Å². The summed E-state index contributed by atoms with van der Waals surface area (Å²) in [5, 5.41) is 15.3. The van der Waals surface area contributed by atoms with Gasteiger partial charge in [-0.25, -0.2) is 9.37 Å². The number of rotatable bonds is 6. The largest absolute Gasteiger partial charge is 0.508 e. The van der Waals surface area contributed by atoms with Crippen LogP contribution in [0.5, 0.6) is 5.75 Å². The van der Waals surface area contributed by atoms with Gasteiger partial charge in [-0.3, -0.25) is 14.9 Å². The predicted molar refractivity (Wildman–Crippen MR) is 152 cm³/mol. The van der Waals surface area contributed by atoms with Gasteiger partial charge in [-0.2, -0.15) is 0 Å². The van der Waals surface area contributed by atoms with Crippen LogP contribution in [0.1, 0.15) is 45.4 Å². The lowest BCUT2D eigenvalue weighted by atomic mass is 9.91. The van der Waals surface area contributed by atoms with Crippen LogP contribution >= 0.6 is 11.3 Å². The highest BCUT2D eigenvalue weighted by Crippen LogP contribution is 2.38. The van der Waals surface area contributed by atoms with Gasteiger partial charge in [0, 0.05) is 48.8 Å². The first-order chi connectivity index (χ1) is 19.4. The van der Waals surface area contributed by atoms with Crippen molar-refractivity contribution >= 4 is 28.3 Å². The Bertz CT molecular complexity index is 1600. The second-order valence-electron chi connectivity index (χ2n) is 10.1. The Balaban J connectivity index is 1.29. The summed E-state index contributed by atoms with van der Waals surface area (Å²) in [4.78, 5) is 34.8. The molecular formula is C31H27FN4O3S. The molecule has 40 heavy (non-hydrogen) atoms. The normalized spacial score (nSPS) is 17.1. The number of halogens is 1. The maximum Gasteiger partial charge on any atom is 0.255 e. The molecule has 1 aromatic heterocycles. The Morgan fingerprint density at radius 2 is 1.93 bits per heavy atom. The predicted octanol–water partition coefficient (Wildman–Crippen LogP) is 5.92. The van der Waals surface area contributed by atoms with E-state index < -0.39 is 17.8 Å². The highest BCUT2D eigenvalue weighted by atomic mass is 32.1. The van der Waals surface area contributed by atoms with Crippen LogP contribution < -0.4 is 5.32 Å². The van der Waals surface area contributed by atoms with E-state index in [-0.39, 0.29) is 23.8 Å². The molecule has 0 saturated carbocycles. The minimum absolute atomic E-state index is 0.00832. The van der Waals surface area contributed by atoms with Crippen LogP contribution in [-0.2, 0) is 11.3 Å². The molecule has 0 spiro atoms. The van der Waals surface area contributed by atoms with Crippen molar-refractivity contribution in [3.05, 3.63) is 113 Å². The molecule has 202 valence electrons. The molecule has 0 fully saturated rings. The fourth-order valence-corrected chi connectivity index (χ4v) is 5.86. The second-order valence-corrected chi connectivity index (χ2v) is 11.0. The standard InChI is InChI=1S/C31H27FN4O3S/c1-35-13-10-21(11-14-35)19-2-4-20(5-3-19)22-6-7-23-18-36(30(39)25(23)16-22)28(26-17-24(32)8-9-27(26)37)29(38)34-31-33-12-15-40-31/h2-10,12-13,15-17,21,28,37H,11,14,18H2,1H3,(H,33,34,38)/t21-,28-/m1/s1. The van der Waals surface area contributed by atoms with Crippen molar-refractivity contribution in [1.29, 1.82) is 0 Å². The lowest BCUT2D eigenvalue weighted by Gasteiger charge is -2.27. The topological polar surface area (TPSA) is 85.8 Å². The molecule has 3 heterocycles. The fourth-order valence-electron chi connectivity index (χ4n) is 5.33. The number of aromatic hydroxyl groups is 1. The molecule has 3 aromatic carbocycles. The highest BCUT2D eigenvalue weighted by molar-refractivity contribution is 7.13. The minimum Gasteiger partial charge on any atom is -0.508 e. The summed E-state index contributed by atoms with van der Waals surface area (Å²) in [6.07, 6.45) is 6.95. The molecular weight excluding hydrogens is 527 g/mol. The van der Waals surface area contributed by atoms with Gasteiger partial charge in [0.15, 0.2) is 5.13 Å². The van der Waals surface area contributed by atoms with Gasteiger partial charge in [0.05, 0.1) is 0 Å². The lowest BCUT2D eigenvalue weighted by molar-refractivity contribution is -0.120. The molecule has 6 rings (SSSR count). The summed E-state index contributed by atoms with van der Waals surface area (Å²) in [5.74, 6) is -1.47. The summed E-state index contributed by atoms with van der Waals surface area (Å²) in [5.41, 5.74) is 4.36. The highest BCUT2D eigenvalue weighted by Gasteiger charge is 2.39. The Morgan fingerprint density at radius 3 is 2.65 bits per heavy atom. The Morgan fingerprint density at radius 1 is 1.12 bits per heavy atom. The van der Waals surface area contributed by atoms with Crippen molar-refractivity contribution in [2.75, 3.05) is 18.9 Å². The van der Waals surface area contributed by atoms with Crippen LogP contribution in [0, 0.1) is 5.82 Å². The number of phenols is 1. The van der Waals surface area contributed by atoms with E-state index in [1.807, 2.05) is 18.2 Å². The number of nitrogens with zero attached hydrogens (tertiary/aromatic N) is 3. The quantitative estimate of drug-likeness (QED) is 0.309. The maximum absolute atomic E-state index is 14.2. The number of anilines is 1. The molecule has 0 radical (unpaired) electrons. The molecule has 0 bridgehead atoms. The van der Waals surface area contributed by atoms with Crippen LogP contribution in [0.15, 0.2) is 84.5 Å². The Kier molecular flexibility index (Phi) is 6.81. The van der Waals surface area contributed by atoms with E-state index in [4.69, 9.17) is 0 Å². The van der Waals surface area contributed by atoms with Crippen molar-refractivity contribution in [3.8, 4) is 16.9 Å². The van der Waals surface area contributed by atoms with Gasteiger partial charge in [0.2, 0.25) is 0 Å². The number of aromatic nitrogens is 1. The molecule has 0 unspecified atom stereocenters. The number of fused-ring (bicyclic) bond motifs is 1. The van der Waals surface area contributed by atoms with Gasteiger partial charge in [-0.15, -0.1) is 11.3 Å². The smallest absolute Gasteiger partial charge is 0.255 e. The Hall–Kier alpha value is -4.50. The summed E-state index contributed by atoms with van der Waals surface area (Å²) in [6.45, 7) is 1.16. The van der Waals surface area contributed by atoms with E-state index in [1.54, 1.807) is 11.6 Å². The third-order valence-electron chi connectivity index (χ3n) is 7.49. The van der Waals surface area contributed by atoms with Crippen molar-refractivity contribution in [3.63, 3.8) is 0 Å². The fraction of sp³-hybridized carbons (Fsp3) is 0.194. The average molecular weight is 555 g/mol. The van der Waals surface area contributed by atoms with Gasteiger partial charge >= 0.3 is 0 Å². The lowest BCUT2D eigenvalue weighted by Crippen LogP contribution is -2.37. The van der Waals surface area contributed by atoms with Gasteiger partial charge in [0.1, 0.15) is 17.6 Å². The van der Waals surface area contributed by atoms with Crippen molar-refractivity contribution in [1.82, 2.24) is 14.8 Å². The third kappa shape index (κ3) is 4.96. The number of benzene rings is 3. The van der Waals surface area contributed by atoms with Gasteiger partial charge in [-0.1, -0.05) is 42.5 Å². The number of carbonyl (C=O) groups is 2. The van der Waals surface area contributed by atoms with Gasteiger partial charge in [-0.05, 0) is 59.1 Å². The zero-order chi connectivity index (χ0) is 27.8. The molecule has 2 amide bonds. The molecule has 2 N–H and O–H groups in total. The van der Waals surface area contributed by atoms with Gasteiger partial charge in [0.25, 0.3) is 11.8 Å². The zero-order valence-corrected chi connectivity index (χ0v) is 22.6. The second kappa shape index (κ2) is 10.6. The maximum atomic E-state index is 14.2. The first-order valence-electron chi connectivity index (χ1n) is 13.0. The number of amides is 2. The third-order valence-corrected chi connectivity index (χ3v) is 8.17. The molecule has 0 saturated heterocycles. The summed E-state index contributed by atoms with van der Waals surface area (Å²) < 4.78 is 14.2. The first kappa shape index (κ1) is 25.8. The van der Waals surface area contributed by atoms with Gasteiger partial charge < -0.3 is 14.9 Å². The minimum atomic E-state index is -1.26. The van der Waals surface area contributed by atoms with E-state index in [0.717, 1.165) is 41.8 Å². The summed E-state index contributed by atoms with van der Waals surface area (Å²) >= 11 is 1.22. The SMILES string of the molecule is CN1C=C[C@@H](c2ccc(-c3ccc4c(c3)C(=O)N([C@@H](C(=O)Nc3nccs3)c3cc(F)ccc3O)C4)cc2)CC1. The summed E-state index contributed by atoms with van der Waals surface area (Å²) in [7, 11) is 2.07.